The van der Waals surface area contributed by atoms with Gasteiger partial charge in [-0.1, -0.05) is 20.3 Å². The van der Waals surface area contributed by atoms with E-state index >= 15 is 0 Å². The van der Waals surface area contributed by atoms with Crippen molar-refractivity contribution in [1.29, 1.82) is 0 Å². The third kappa shape index (κ3) is 5.05. The quantitative estimate of drug-likeness (QED) is 0.712. The molecule has 0 aromatic heterocycles. The summed E-state index contributed by atoms with van der Waals surface area (Å²) < 4.78 is 0. The van der Waals surface area contributed by atoms with Gasteiger partial charge in [0.25, 0.3) is 0 Å². The first-order valence-electron chi connectivity index (χ1n) is 8.18. The highest BCUT2D eigenvalue weighted by Crippen LogP contribution is 2.25. The van der Waals surface area contributed by atoms with Gasteiger partial charge in [-0.3, -0.25) is 4.90 Å². The Balaban J connectivity index is 2.57. The van der Waals surface area contributed by atoms with Crippen LogP contribution in [0.25, 0.3) is 0 Å². The molecule has 0 spiro atoms. The fourth-order valence-corrected chi connectivity index (χ4v) is 3.43. The number of aliphatic hydroxyl groups is 1. The number of rotatable bonds is 8. The zero-order valence-electron chi connectivity index (χ0n) is 13.4. The summed E-state index contributed by atoms with van der Waals surface area (Å²) >= 11 is 0. The van der Waals surface area contributed by atoms with Crippen LogP contribution in [0, 0.1) is 0 Å². The molecule has 3 nitrogen and oxygen atoms in total. The molecule has 0 aliphatic carbocycles. The van der Waals surface area contributed by atoms with E-state index in [0.717, 1.165) is 25.4 Å². The second-order valence-corrected chi connectivity index (χ2v) is 6.49. The van der Waals surface area contributed by atoms with Crippen LogP contribution < -0.4 is 5.32 Å². The molecule has 0 amide bonds. The van der Waals surface area contributed by atoms with Crippen molar-refractivity contribution < 1.29 is 5.11 Å². The molecule has 19 heavy (non-hydrogen) atoms. The minimum Gasteiger partial charge on any atom is -0.394 e. The van der Waals surface area contributed by atoms with Crippen molar-refractivity contribution in [1.82, 2.24) is 10.2 Å². The zero-order chi connectivity index (χ0) is 14.3. The summed E-state index contributed by atoms with van der Waals surface area (Å²) in [6, 6.07) is 1.30. The maximum absolute atomic E-state index is 9.70. The summed E-state index contributed by atoms with van der Waals surface area (Å²) in [5.41, 5.74) is -0.134. The van der Waals surface area contributed by atoms with Gasteiger partial charge in [0, 0.05) is 17.6 Å². The number of nitrogens with zero attached hydrogens (tertiary/aromatic N) is 1. The van der Waals surface area contributed by atoms with E-state index in [9.17, 15) is 5.11 Å². The van der Waals surface area contributed by atoms with Gasteiger partial charge in [0.05, 0.1) is 6.61 Å². The van der Waals surface area contributed by atoms with E-state index in [0.29, 0.717) is 6.04 Å². The number of hydrogen-bond donors (Lipinski definition) is 2. The van der Waals surface area contributed by atoms with Gasteiger partial charge in [0.15, 0.2) is 0 Å². The van der Waals surface area contributed by atoms with Crippen LogP contribution >= 0.6 is 0 Å². The number of piperidine rings is 1. The highest BCUT2D eigenvalue weighted by Gasteiger charge is 2.31. The molecule has 1 rings (SSSR count). The largest absolute Gasteiger partial charge is 0.394 e. The van der Waals surface area contributed by atoms with E-state index in [4.69, 9.17) is 0 Å². The predicted octanol–water partition coefficient (Wildman–Crippen LogP) is 2.78. The predicted molar refractivity (Wildman–Crippen MR) is 82.5 cm³/mol. The molecule has 1 heterocycles. The average molecular weight is 270 g/mol. The first-order chi connectivity index (χ1) is 9.06. The molecule has 0 radical (unpaired) electrons. The van der Waals surface area contributed by atoms with Crippen molar-refractivity contribution in [3.05, 3.63) is 0 Å². The Kier molecular flexibility index (Phi) is 7.33. The van der Waals surface area contributed by atoms with Crippen molar-refractivity contribution >= 4 is 0 Å². The number of nitrogens with one attached hydrogen (secondary N) is 1. The molecule has 3 unspecified atom stereocenters. The first kappa shape index (κ1) is 16.9. The molecule has 2 N–H and O–H groups in total. The second kappa shape index (κ2) is 8.23. The third-order valence-electron chi connectivity index (χ3n) is 4.61. The van der Waals surface area contributed by atoms with Crippen molar-refractivity contribution in [2.75, 3.05) is 19.7 Å². The molecule has 0 bridgehead atoms. The Morgan fingerprint density at radius 2 is 2.11 bits per heavy atom. The van der Waals surface area contributed by atoms with Gasteiger partial charge in [0.2, 0.25) is 0 Å². The van der Waals surface area contributed by atoms with E-state index in [2.05, 4.69) is 37.9 Å². The van der Waals surface area contributed by atoms with Gasteiger partial charge in [-0.15, -0.1) is 0 Å². The van der Waals surface area contributed by atoms with Crippen molar-refractivity contribution in [2.45, 2.75) is 83.8 Å². The van der Waals surface area contributed by atoms with Crippen LogP contribution in [0.1, 0.15) is 66.2 Å². The van der Waals surface area contributed by atoms with Crippen LogP contribution in [0.2, 0.25) is 0 Å². The van der Waals surface area contributed by atoms with Crippen LogP contribution in [-0.4, -0.2) is 47.3 Å². The molecule has 3 heteroatoms. The third-order valence-corrected chi connectivity index (χ3v) is 4.61. The SMILES string of the molecule is CCCNC(C)(CO)CC(C)N1CCCCC1CC. The standard InChI is InChI=1S/C16H34N2O/c1-5-10-17-16(4,13-19)12-14(3)18-11-8-7-9-15(18)6-2/h14-15,17,19H,5-13H2,1-4H3. The Morgan fingerprint density at radius 1 is 1.37 bits per heavy atom. The fraction of sp³-hybridized carbons (Fsp3) is 1.00. The molecular weight excluding hydrogens is 236 g/mol. The monoisotopic (exact) mass is 270 g/mol. The van der Waals surface area contributed by atoms with Gasteiger partial charge in [-0.2, -0.15) is 0 Å². The van der Waals surface area contributed by atoms with Gasteiger partial charge in [0.1, 0.15) is 0 Å². The molecule has 1 aliphatic heterocycles. The summed E-state index contributed by atoms with van der Waals surface area (Å²) in [5, 5.41) is 13.2. The Labute approximate surface area is 119 Å². The number of likely N-dealkylation sites (tertiary alicyclic amines) is 1. The zero-order valence-corrected chi connectivity index (χ0v) is 13.4. The lowest BCUT2D eigenvalue weighted by molar-refractivity contribution is 0.0637. The van der Waals surface area contributed by atoms with E-state index in [1.165, 1.54) is 32.2 Å². The van der Waals surface area contributed by atoms with Gasteiger partial charge in [-0.25, -0.2) is 0 Å². The molecular formula is C16H34N2O. The van der Waals surface area contributed by atoms with E-state index < -0.39 is 0 Å². The summed E-state index contributed by atoms with van der Waals surface area (Å²) in [7, 11) is 0. The molecule has 0 aromatic rings. The van der Waals surface area contributed by atoms with Crippen molar-refractivity contribution in [2.24, 2.45) is 0 Å². The Morgan fingerprint density at radius 3 is 2.68 bits per heavy atom. The molecule has 0 saturated carbocycles. The lowest BCUT2D eigenvalue weighted by Gasteiger charge is -2.43. The summed E-state index contributed by atoms with van der Waals surface area (Å²) in [6.45, 7) is 11.4. The average Bonchev–Trinajstić information content (AvgIpc) is 2.45. The number of aliphatic hydroxyl groups excluding tert-OH is 1. The van der Waals surface area contributed by atoms with Gasteiger partial charge < -0.3 is 10.4 Å². The van der Waals surface area contributed by atoms with Crippen molar-refractivity contribution in [3.63, 3.8) is 0 Å². The lowest BCUT2D eigenvalue weighted by atomic mass is 9.90. The molecule has 114 valence electrons. The van der Waals surface area contributed by atoms with Crippen LogP contribution in [-0.2, 0) is 0 Å². The van der Waals surface area contributed by atoms with Crippen LogP contribution in [0.15, 0.2) is 0 Å². The van der Waals surface area contributed by atoms with Crippen LogP contribution in [0.3, 0.4) is 0 Å². The molecule has 0 aromatic carbocycles. The smallest absolute Gasteiger partial charge is 0.0611 e. The van der Waals surface area contributed by atoms with E-state index in [1.54, 1.807) is 0 Å². The topological polar surface area (TPSA) is 35.5 Å². The Bertz CT molecular complexity index is 247. The minimum atomic E-state index is -0.134. The normalized spacial score (nSPS) is 26.1. The summed E-state index contributed by atoms with van der Waals surface area (Å²) in [4.78, 5) is 2.67. The molecule has 1 saturated heterocycles. The maximum Gasteiger partial charge on any atom is 0.0611 e. The van der Waals surface area contributed by atoms with Crippen LogP contribution in [0.5, 0.6) is 0 Å². The van der Waals surface area contributed by atoms with Crippen LogP contribution in [0.4, 0.5) is 0 Å². The summed E-state index contributed by atoms with van der Waals surface area (Å²) in [6.07, 6.45) is 7.46. The Hall–Kier alpha value is -0.120. The van der Waals surface area contributed by atoms with E-state index in [1.807, 2.05) is 0 Å². The molecule has 1 fully saturated rings. The highest BCUT2D eigenvalue weighted by molar-refractivity contribution is 4.89. The van der Waals surface area contributed by atoms with Crippen molar-refractivity contribution in [3.8, 4) is 0 Å². The maximum atomic E-state index is 9.70. The van der Waals surface area contributed by atoms with Gasteiger partial charge >= 0.3 is 0 Å². The number of hydrogen-bond acceptors (Lipinski definition) is 3. The highest BCUT2D eigenvalue weighted by atomic mass is 16.3. The molecule has 3 atom stereocenters. The van der Waals surface area contributed by atoms with E-state index in [-0.39, 0.29) is 12.1 Å². The second-order valence-electron chi connectivity index (χ2n) is 6.49. The van der Waals surface area contributed by atoms with Gasteiger partial charge in [-0.05, 0) is 59.0 Å². The molecule has 1 aliphatic rings. The minimum absolute atomic E-state index is 0.134. The first-order valence-corrected chi connectivity index (χ1v) is 8.18. The summed E-state index contributed by atoms with van der Waals surface area (Å²) in [5.74, 6) is 0. The fourth-order valence-electron chi connectivity index (χ4n) is 3.43. The lowest BCUT2D eigenvalue weighted by Crippen LogP contribution is -2.53.